The number of carbonyl (C=O) groups excluding carboxylic acids is 2. The largest absolute Gasteiger partial charge is 0.352 e. The van der Waals surface area contributed by atoms with Crippen LogP contribution in [-0.4, -0.2) is 62.2 Å². The van der Waals surface area contributed by atoms with Gasteiger partial charge in [-0.1, -0.05) is 29.3 Å². The molecular formula is C19H22ClN3O4S2. The van der Waals surface area contributed by atoms with Gasteiger partial charge in [0.1, 0.15) is 4.21 Å². The Hall–Kier alpha value is -1.94. The third-order valence-electron chi connectivity index (χ3n) is 4.64. The van der Waals surface area contributed by atoms with Crippen LogP contribution >= 0.6 is 22.9 Å². The molecule has 0 spiro atoms. The number of halogens is 1. The highest BCUT2D eigenvalue weighted by molar-refractivity contribution is 7.91. The molecule has 2 heterocycles. The summed E-state index contributed by atoms with van der Waals surface area (Å²) in [6, 6.07) is 10.3. The Bertz CT molecular complexity index is 998. The number of hydrogen-bond donors (Lipinski definition) is 1. The number of benzene rings is 1. The molecule has 2 amide bonds. The van der Waals surface area contributed by atoms with Gasteiger partial charge in [0.25, 0.3) is 15.9 Å². The van der Waals surface area contributed by atoms with Crippen LogP contribution in [0.5, 0.6) is 0 Å². The number of thiophene rings is 1. The molecule has 1 aromatic carbocycles. The van der Waals surface area contributed by atoms with Crippen LogP contribution in [0.2, 0.25) is 4.34 Å². The fraction of sp³-hybridized carbons (Fsp3) is 0.368. The van der Waals surface area contributed by atoms with E-state index < -0.39 is 10.0 Å². The molecule has 0 atom stereocenters. The van der Waals surface area contributed by atoms with Crippen LogP contribution < -0.4 is 5.32 Å². The lowest BCUT2D eigenvalue weighted by atomic mass is 10.1. The quantitative estimate of drug-likeness (QED) is 0.724. The Kier molecular flexibility index (Phi) is 6.94. The minimum absolute atomic E-state index is 0.106. The fourth-order valence-corrected chi connectivity index (χ4v) is 6.13. The van der Waals surface area contributed by atoms with E-state index in [1.165, 1.54) is 10.4 Å². The Labute approximate surface area is 179 Å². The first kappa shape index (κ1) is 21.8. The molecule has 2 aromatic rings. The van der Waals surface area contributed by atoms with E-state index in [9.17, 15) is 18.0 Å². The van der Waals surface area contributed by atoms with Crippen molar-refractivity contribution in [3.8, 4) is 0 Å². The molecule has 1 saturated heterocycles. The maximum atomic E-state index is 12.6. The Morgan fingerprint density at radius 3 is 2.48 bits per heavy atom. The number of aryl methyl sites for hydroxylation is 1. The summed E-state index contributed by atoms with van der Waals surface area (Å²) in [5.41, 5.74) is 1.55. The van der Waals surface area contributed by atoms with Gasteiger partial charge in [-0.05, 0) is 31.2 Å². The second-order valence-electron chi connectivity index (χ2n) is 6.72. The molecule has 1 N–H and O–H groups in total. The monoisotopic (exact) mass is 455 g/mol. The molecule has 7 nitrogen and oxygen atoms in total. The smallest absolute Gasteiger partial charge is 0.252 e. The van der Waals surface area contributed by atoms with Gasteiger partial charge < -0.3 is 10.2 Å². The van der Waals surface area contributed by atoms with E-state index in [1.54, 1.807) is 23.1 Å². The number of rotatable bonds is 6. The highest BCUT2D eigenvalue weighted by Gasteiger charge is 2.31. The van der Waals surface area contributed by atoms with Gasteiger partial charge >= 0.3 is 0 Å². The number of hydrogen-bond acceptors (Lipinski definition) is 5. The number of nitrogens with one attached hydrogen (secondary N) is 1. The maximum Gasteiger partial charge on any atom is 0.252 e. The lowest BCUT2D eigenvalue weighted by Gasteiger charge is -2.33. The zero-order valence-corrected chi connectivity index (χ0v) is 18.3. The van der Waals surface area contributed by atoms with Gasteiger partial charge in [0.05, 0.1) is 4.34 Å². The van der Waals surface area contributed by atoms with Crippen molar-refractivity contribution in [1.82, 2.24) is 14.5 Å². The summed E-state index contributed by atoms with van der Waals surface area (Å²) in [5, 5.41) is 2.75. The van der Waals surface area contributed by atoms with Crippen molar-refractivity contribution in [2.24, 2.45) is 0 Å². The summed E-state index contributed by atoms with van der Waals surface area (Å²) in [5.74, 6) is -0.322. The lowest BCUT2D eigenvalue weighted by molar-refractivity contribution is -0.132. The van der Waals surface area contributed by atoms with Crippen LogP contribution in [0.15, 0.2) is 40.6 Å². The molecule has 10 heteroatoms. The second-order valence-corrected chi connectivity index (χ2v) is 10.6. The molecular weight excluding hydrogens is 434 g/mol. The summed E-state index contributed by atoms with van der Waals surface area (Å²) in [6.07, 6.45) is 0.171. The van der Waals surface area contributed by atoms with Gasteiger partial charge in [0.15, 0.2) is 0 Å². The van der Waals surface area contributed by atoms with Crippen molar-refractivity contribution in [1.29, 1.82) is 0 Å². The SMILES string of the molecule is Cc1cccc(C(=O)NCCC(=O)N2CCN(S(=O)(=O)c3ccc(Cl)s3)CC2)c1. The van der Waals surface area contributed by atoms with Crippen molar-refractivity contribution < 1.29 is 18.0 Å². The maximum absolute atomic E-state index is 12.6. The van der Waals surface area contributed by atoms with E-state index in [1.807, 2.05) is 19.1 Å². The molecule has 0 saturated carbocycles. The topological polar surface area (TPSA) is 86.8 Å². The van der Waals surface area contributed by atoms with Gasteiger partial charge in [-0.3, -0.25) is 9.59 Å². The van der Waals surface area contributed by atoms with E-state index in [0.717, 1.165) is 16.9 Å². The summed E-state index contributed by atoms with van der Waals surface area (Å²) in [6.45, 7) is 3.26. The number of nitrogens with zero attached hydrogens (tertiary/aromatic N) is 2. The lowest BCUT2D eigenvalue weighted by Crippen LogP contribution is -2.50. The predicted octanol–water partition coefficient (Wildman–Crippen LogP) is 2.36. The standard InChI is InChI=1S/C19H22ClN3O4S2/c1-14-3-2-4-15(13-14)19(25)21-8-7-17(24)22-9-11-23(12-10-22)29(26,27)18-6-5-16(20)28-18/h2-6,13H,7-12H2,1H3,(H,21,25). The first-order valence-corrected chi connectivity index (χ1v) is 11.8. The van der Waals surface area contributed by atoms with E-state index in [2.05, 4.69) is 5.32 Å². The highest BCUT2D eigenvalue weighted by atomic mass is 35.5. The zero-order valence-electron chi connectivity index (χ0n) is 15.9. The van der Waals surface area contributed by atoms with Crippen LogP contribution in [0.25, 0.3) is 0 Å². The minimum Gasteiger partial charge on any atom is -0.352 e. The zero-order chi connectivity index (χ0) is 21.0. The number of carbonyl (C=O) groups is 2. The predicted molar refractivity (Wildman–Crippen MR) is 113 cm³/mol. The van der Waals surface area contributed by atoms with Gasteiger partial charge in [-0.15, -0.1) is 11.3 Å². The molecule has 1 aromatic heterocycles. The molecule has 0 radical (unpaired) electrons. The molecule has 0 aliphatic carbocycles. The normalized spacial score (nSPS) is 15.3. The fourth-order valence-electron chi connectivity index (χ4n) is 3.07. The van der Waals surface area contributed by atoms with Crippen molar-refractivity contribution in [3.63, 3.8) is 0 Å². The van der Waals surface area contributed by atoms with Crippen LogP contribution in [0.1, 0.15) is 22.3 Å². The Balaban J connectivity index is 1.46. The van der Waals surface area contributed by atoms with E-state index in [0.29, 0.717) is 23.0 Å². The number of sulfonamides is 1. The molecule has 3 rings (SSSR count). The average Bonchev–Trinajstić information content (AvgIpc) is 3.15. The molecule has 1 aliphatic rings. The minimum atomic E-state index is -3.58. The number of piperazine rings is 1. The Morgan fingerprint density at radius 1 is 1.14 bits per heavy atom. The summed E-state index contributed by atoms with van der Waals surface area (Å²) in [4.78, 5) is 26.1. The summed E-state index contributed by atoms with van der Waals surface area (Å²) < 4.78 is 27.2. The van der Waals surface area contributed by atoms with Crippen molar-refractivity contribution in [2.45, 2.75) is 17.6 Å². The van der Waals surface area contributed by atoms with E-state index >= 15 is 0 Å². The first-order valence-electron chi connectivity index (χ1n) is 9.15. The van der Waals surface area contributed by atoms with Crippen molar-refractivity contribution in [3.05, 3.63) is 51.9 Å². The summed E-state index contributed by atoms with van der Waals surface area (Å²) >= 11 is 6.86. The highest BCUT2D eigenvalue weighted by Crippen LogP contribution is 2.28. The molecule has 0 bridgehead atoms. The van der Waals surface area contributed by atoms with Crippen molar-refractivity contribution >= 4 is 44.8 Å². The van der Waals surface area contributed by atoms with E-state index in [4.69, 9.17) is 11.6 Å². The average molecular weight is 456 g/mol. The molecule has 0 unspecified atom stereocenters. The van der Waals surface area contributed by atoms with Gasteiger partial charge in [0, 0.05) is 44.7 Å². The van der Waals surface area contributed by atoms with Crippen LogP contribution in [0.4, 0.5) is 0 Å². The molecule has 1 aliphatic heterocycles. The van der Waals surface area contributed by atoms with Gasteiger partial charge in [-0.25, -0.2) is 8.42 Å². The van der Waals surface area contributed by atoms with Gasteiger partial charge in [0.2, 0.25) is 5.91 Å². The van der Waals surface area contributed by atoms with Crippen LogP contribution in [-0.2, 0) is 14.8 Å². The van der Waals surface area contributed by atoms with Crippen LogP contribution in [0.3, 0.4) is 0 Å². The summed E-state index contributed by atoms with van der Waals surface area (Å²) in [7, 11) is -3.58. The molecule has 1 fully saturated rings. The third kappa shape index (κ3) is 5.36. The second kappa shape index (κ2) is 9.25. The van der Waals surface area contributed by atoms with Gasteiger partial charge in [-0.2, -0.15) is 4.31 Å². The molecule has 29 heavy (non-hydrogen) atoms. The van der Waals surface area contributed by atoms with Crippen LogP contribution in [0, 0.1) is 6.92 Å². The van der Waals surface area contributed by atoms with Crippen molar-refractivity contribution in [2.75, 3.05) is 32.7 Å². The number of amides is 2. The van der Waals surface area contributed by atoms with E-state index in [-0.39, 0.29) is 42.1 Å². The third-order valence-corrected chi connectivity index (χ3v) is 8.24. The first-order chi connectivity index (χ1) is 13.8. The molecule has 156 valence electrons. The Morgan fingerprint density at radius 2 is 1.86 bits per heavy atom.